The van der Waals surface area contributed by atoms with E-state index in [9.17, 15) is 64.1 Å². The van der Waals surface area contributed by atoms with Gasteiger partial charge in [-0.2, -0.15) is 39.5 Å². The van der Waals surface area contributed by atoms with Gasteiger partial charge in [0.15, 0.2) is 6.29 Å². The van der Waals surface area contributed by atoms with Gasteiger partial charge in [-0.1, -0.05) is 130 Å². The number of nitrogens with zero attached hydrogens (tertiary/aromatic N) is 3. The van der Waals surface area contributed by atoms with E-state index in [1.54, 1.807) is 126 Å². The van der Waals surface area contributed by atoms with E-state index in [0.29, 0.717) is 32.1 Å². The molecular formula is C72H80BrCl3F9K2N3O14. The molecule has 1 aliphatic heterocycles. The maximum Gasteiger partial charge on any atom is 1.00 e. The molecule has 0 bridgehead atoms. The van der Waals surface area contributed by atoms with E-state index in [1.807, 2.05) is 24.5 Å². The number of ether oxygens (including phenoxy) is 6. The van der Waals surface area contributed by atoms with Gasteiger partial charge in [0, 0.05) is 83.5 Å². The molecule has 0 aliphatic carbocycles. The largest absolute Gasteiger partial charge is 1.00 e. The summed E-state index contributed by atoms with van der Waals surface area (Å²) < 4.78 is 152. The summed E-state index contributed by atoms with van der Waals surface area (Å²) in [5.41, 5.74) is -0.794. The Hall–Kier alpha value is -5.69. The number of halogens is 13. The Balaban J connectivity index is -0.000000619. The van der Waals surface area contributed by atoms with Gasteiger partial charge in [0.25, 0.3) is 6.47 Å². The Morgan fingerprint density at radius 1 is 0.567 bits per heavy atom. The van der Waals surface area contributed by atoms with E-state index in [-0.39, 0.29) is 201 Å². The van der Waals surface area contributed by atoms with E-state index in [1.165, 1.54) is 42.5 Å². The minimum absolute atomic E-state index is 0. The number of phenolic OH excluding ortho intramolecular Hbond substituents is 1. The van der Waals surface area contributed by atoms with Gasteiger partial charge < -0.3 is 63.9 Å². The van der Waals surface area contributed by atoms with Crippen molar-refractivity contribution in [1.82, 2.24) is 13.7 Å². The summed E-state index contributed by atoms with van der Waals surface area (Å²) in [6.07, 6.45) is -3.62. The quantitative estimate of drug-likeness (QED) is 0.0165. The van der Waals surface area contributed by atoms with Gasteiger partial charge in [-0.05, 0) is 147 Å². The monoisotopic (exact) mass is 1640 g/mol. The number of aliphatic carboxylic acids is 1. The number of phenols is 1. The second-order valence-corrected chi connectivity index (χ2v) is 21.8. The molecule has 10 rings (SSSR count). The van der Waals surface area contributed by atoms with Crippen LogP contribution in [0.1, 0.15) is 116 Å². The molecule has 0 radical (unpaired) electrons. The predicted molar refractivity (Wildman–Crippen MR) is 376 cm³/mol. The van der Waals surface area contributed by atoms with Crippen LogP contribution in [0.15, 0.2) is 201 Å². The SMILES string of the molecule is C.C.C.C.C.CCOC(=O)C(Br)c1cccc(C(F)(F)F)c1.CCOC(=O)C(Oc1ccc(Cl)cc1-n1cccc1)c1cccc(C(F)(F)F)c1.COC1CCCO1.O=C(O)C(Oc1ccc(Cl)cc1-n1cccc1)c1cccc(C(F)(F)F)c1.O=CO[O-].Oc1ccc(Cl)cc1-n1cccc1.[H-].[K+].[K+]. The van der Waals surface area contributed by atoms with Crippen molar-refractivity contribution in [3.05, 3.63) is 249 Å². The molecule has 32 heteroatoms. The van der Waals surface area contributed by atoms with Crippen molar-refractivity contribution in [2.75, 3.05) is 26.9 Å². The third-order valence-corrected chi connectivity index (χ3v) is 14.5. The molecule has 3 aromatic heterocycles. The van der Waals surface area contributed by atoms with Crippen molar-refractivity contribution >= 4 is 75.1 Å². The topological polar surface area (TPSA) is 211 Å². The van der Waals surface area contributed by atoms with Gasteiger partial charge in [-0.3, -0.25) is 9.59 Å². The number of carbonyl (C=O) groups excluding carboxylic acids is 3. The number of methoxy groups -OCH3 is 1. The van der Waals surface area contributed by atoms with Crippen LogP contribution in [0.2, 0.25) is 15.1 Å². The number of esters is 2. The van der Waals surface area contributed by atoms with Crippen molar-refractivity contribution in [3.8, 4) is 34.3 Å². The molecule has 0 amide bonds. The number of carbonyl (C=O) groups is 4. The van der Waals surface area contributed by atoms with Crippen LogP contribution in [0.4, 0.5) is 39.5 Å². The molecule has 9 aromatic rings. The first-order valence-corrected chi connectivity index (χ1v) is 30.5. The molecule has 1 aliphatic rings. The van der Waals surface area contributed by atoms with Crippen LogP contribution < -0.4 is 118 Å². The van der Waals surface area contributed by atoms with Crippen molar-refractivity contribution < 1.29 is 212 Å². The smallest absolute Gasteiger partial charge is 1.00 e. The van der Waals surface area contributed by atoms with Gasteiger partial charge in [0.05, 0.1) is 47.0 Å². The second-order valence-electron chi connectivity index (χ2n) is 19.6. The summed E-state index contributed by atoms with van der Waals surface area (Å²) in [4.78, 5) is 45.9. The van der Waals surface area contributed by atoms with E-state index >= 15 is 0 Å². The Bertz CT molecular complexity index is 3940. The van der Waals surface area contributed by atoms with Crippen LogP contribution in [0.5, 0.6) is 17.2 Å². The van der Waals surface area contributed by atoms with E-state index in [0.717, 1.165) is 61.9 Å². The molecule has 4 heterocycles. The summed E-state index contributed by atoms with van der Waals surface area (Å²) in [5, 5.41) is 28.9. The molecule has 2 N–H and O–H groups in total. The average molecular weight is 1650 g/mol. The Labute approximate surface area is 708 Å². The first-order valence-electron chi connectivity index (χ1n) is 28.4. The summed E-state index contributed by atoms with van der Waals surface area (Å²) in [5.74, 6) is -2.16. The molecule has 1 saturated heterocycles. The van der Waals surface area contributed by atoms with Crippen LogP contribution in [-0.4, -0.2) is 81.5 Å². The van der Waals surface area contributed by atoms with Gasteiger partial charge in [-0.15, -0.1) is 0 Å². The number of alkyl halides is 10. The summed E-state index contributed by atoms with van der Waals surface area (Å²) in [7, 11) is 1.68. The molecule has 4 unspecified atom stereocenters. The fraction of sp³-hybridized carbons (Fsp3) is 0.278. The number of carboxylic acids is 1. The van der Waals surface area contributed by atoms with Crippen LogP contribution in [-0.2, 0) is 61.5 Å². The molecule has 6 aromatic carbocycles. The average Bonchev–Trinajstić information content (AvgIpc) is 1.68. The zero-order valence-corrected chi connectivity index (χ0v) is 63.1. The van der Waals surface area contributed by atoms with Crippen LogP contribution in [0.25, 0.3) is 17.1 Å². The van der Waals surface area contributed by atoms with Gasteiger partial charge in [0.1, 0.15) is 22.1 Å². The summed E-state index contributed by atoms with van der Waals surface area (Å²) in [6.45, 7) is 4.17. The molecule has 17 nitrogen and oxygen atoms in total. The first-order chi connectivity index (χ1) is 46.0. The third-order valence-electron chi connectivity index (χ3n) is 12.9. The molecule has 0 spiro atoms. The van der Waals surface area contributed by atoms with E-state index in [4.69, 9.17) is 73.3 Å². The zero-order valence-electron chi connectivity index (χ0n) is 54.0. The first kappa shape index (κ1) is 102. The fourth-order valence-electron chi connectivity index (χ4n) is 8.47. The van der Waals surface area contributed by atoms with Crippen LogP contribution in [0.3, 0.4) is 0 Å². The van der Waals surface area contributed by atoms with E-state index in [2.05, 4.69) is 20.8 Å². The molecular weight excluding hydrogens is 1570 g/mol. The second kappa shape index (κ2) is 50.8. The maximum atomic E-state index is 13.1. The van der Waals surface area contributed by atoms with Crippen molar-refractivity contribution in [3.63, 3.8) is 0 Å². The Morgan fingerprint density at radius 3 is 1.26 bits per heavy atom. The number of aromatic hydroxyl groups is 1. The number of carboxylic acid groups (broad SMARTS) is 1. The molecule has 1 fully saturated rings. The molecule has 104 heavy (non-hydrogen) atoms. The number of hydrogen-bond acceptors (Lipinski definition) is 13. The van der Waals surface area contributed by atoms with Crippen molar-refractivity contribution in [1.29, 1.82) is 0 Å². The predicted octanol–water partition coefficient (Wildman–Crippen LogP) is 14.2. The summed E-state index contributed by atoms with van der Waals surface area (Å²) in [6, 6.07) is 38.2. The number of hydrogen-bond donors (Lipinski definition) is 2. The molecule has 4 atom stereocenters. The van der Waals surface area contributed by atoms with E-state index < -0.39 is 70.2 Å². The van der Waals surface area contributed by atoms with Gasteiger partial charge in [-0.25, -0.2) is 9.59 Å². The minimum Gasteiger partial charge on any atom is -1.00 e. The normalized spacial score (nSPS) is 12.5. The number of rotatable bonds is 17. The molecule has 560 valence electrons. The summed E-state index contributed by atoms with van der Waals surface area (Å²) >= 11 is 20.9. The van der Waals surface area contributed by atoms with Crippen LogP contribution in [0, 0.1) is 0 Å². The molecule has 0 saturated carbocycles. The zero-order chi connectivity index (χ0) is 71.5. The number of aromatic nitrogens is 3. The minimum atomic E-state index is -4.59. The van der Waals surface area contributed by atoms with Gasteiger partial charge >= 0.3 is 139 Å². The van der Waals surface area contributed by atoms with Gasteiger partial charge in [0.2, 0.25) is 12.2 Å². The third kappa shape index (κ3) is 33.2. The van der Waals surface area contributed by atoms with Crippen molar-refractivity contribution in [2.45, 2.75) is 106 Å². The van der Waals surface area contributed by atoms with Crippen LogP contribution >= 0.6 is 50.7 Å². The maximum absolute atomic E-state index is 13.1. The number of benzene rings is 6. The van der Waals surface area contributed by atoms with Crippen molar-refractivity contribution in [2.24, 2.45) is 0 Å². The Kier molecular flexibility index (Phi) is 50.1. The standard InChI is InChI=1S/C21H17ClF3NO3.C19H13ClF3NO3.C11H10BrF3O2.C10H8ClNO.C5H10O2.CH2O3.5CH4.2K.H/c1-2-28-20(27)19(14-6-5-7-15(12-14)21(23,24)25)29-18-9-8-16(22)13-17(18)26-10-3-4-11-26;20-14-6-7-16(15(11-14)24-8-1-2-9-24)27-17(18(25)26)12-4-3-5-13(10-12)19(21,22)23;1-2-17-10(16)9(12)7-4-3-5-8(6-7)11(13,14)15;11-8-3-4-10(13)9(7-8)12-5-1-2-6-12;1-6-5-3-2-4-7-5;2-1-4-3;;;;;;;;/h3-13,19H,2H2,1H3;1-11,17H,(H,25,26);3-6,9H,2H2,1H3;1-7,13H;5H,2-4H2,1H3;1,3H;5*1H4;;;/q;;;;;;;;;;;2*+1;-1/p-1. The Morgan fingerprint density at radius 2 is 0.913 bits per heavy atom. The fourth-order valence-corrected chi connectivity index (χ4v) is 9.39.